The summed E-state index contributed by atoms with van der Waals surface area (Å²) in [5.74, 6) is -0.261. The van der Waals surface area contributed by atoms with Gasteiger partial charge in [-0.3, -0.25) is 0 Å². The molecule has 0 fully saturated rings. The number of benzene rings is 2. The zero-order valence-corrected chi connectivity index (χ0v) is 15.3. The molecule has 0 aliphatic heterocycles. The van der Waals surface area contributed by atoms with Gasteiger partial charge in [-0.25, -0.2) is 4.98 Å². The van der Waals surface area contributed by atoms with Gasteiger partial charge in [-0.15, -0.1) is 24.5 Å². The lowest BCUT2D eigenvalue weighted by molar-refractivity contribution is -0.274. The van der Waals surface area contributed by atoms with Crippen LogP contribution < -0.4 is 10.5 Å². The van der Waals surface area contributed by atoms with Crippen molar-refractivity contribution in [1.82, 2.24) is 9.97 Å². The van der Waals surface area contributed by atoms with Gasteiger partial charge in [0.05, 0.1) is 11.7 Å². The van der Waals surface area contributed by atoms with Crippen LogP contribution in [0.15, 0.2) is 60.1 Å². The maximum absolute atomic E-state index is 12.3. The van der Waals surface area contributed by atoms with Crippen LogP contribution in [0.4, 0.5) is 13.2 Å². The summed E-state index contributed by atoms with van der Waals surface area (Å²) < 4.78 is 40.7. The predicted molar refractivity (Wildman–Crippen MR) is 103 cm³/mol. The van der Waals surface area contributed by atoms with E-state index in [2.05, 4.69) is 14.7 Å². The van der Waals surface area contributed by atoms with E-state index >= 15 is 0 Å². The molecule has 28 heavy (non-hydrogen) atoms. The van der Waals surface area contributed by atoms with Gasteiger partial charge in [0.1, 0.15) is 10.8 Å². The number of thiazole rings is 1. The van der Waals surface area contributed by atoms with E-state index in [1.165, 1.54) is 23.5 Å². The van der Waals surface area contributed by atoms with Gasteiger partial charge in [-0.2, -0.15) is 0 Å². The van der Waals surface area contributed by atoms with Crippen molar-refractivity contribution in [3.63, 3.8) is 0 Å². The Morgan fingerprint density at radius 2 is 1.86 bits per heavy atom. The Labute approximate surface area is 162 Å². The third kappa shape index (κ3) is 4.02. The van der Waals surface area contributed by atoms with Gasteiger partial charge in [0.25, 0.3) is 0 Å². The number of rotatable bonds is 5. The summed E-state index contributed by atoms with van der Waals surface area (Å²) >= 11 is 1.44. The fraction of sp³-hybridized carbons (Fsp3) is 0.150. The van der Waals surface area contributed by atoms with Gasteiger partial charge in [0, 0.05) is 28.0 Å². The molecule has 0 saturated carbocycles. The molecule has 4 nitrogen and oxygen atoms in total. The Morgan fingerprint density at radius 1 is 1.11 bits per heavy atom. The highest BCUT2D eigenvalue weighted by Crippen LogP contribution is 2.30. The number of fused-ring (bicyclic) bond motifs is 1. The number of para-hydroxylation sites is 1. The molecule has 0 saturated heterocycles. The van der Waals surface area contributed by atoms with Crippen LogP contribution in [0.25, 0.3) is 22.2 Å². The van der Waals surface area contributed by atoms with E-state index in [4.69, 9.17) is 5.73 Å². The molecule has 1 atom stereocenters. The first kappa shape index (κ1) is 18.5. The van der Waals surface area contributed by atoms with Crippen molar-refractivity contribution in [2.24, 2.45) is 5.73 Å². The number of halogens is 3. The third-order valence-electron chi connectivity index (χ3n) is 4.34. The number of H-pyrrole nitrogens is 1. The normalized spacial score (nSPS) is 13.0. The van der Waals surface area contributed by atoms with Crippen molar-refractivity contribution < 1.29 is 17.9 Å². The maximum Gasteiger partial charge on any atom is 0.573 e. The summed E-state index contributed by atoms with van der Waals surface area (Å²) in [4.78, 5) is 7.80. The predicted octanol–water partition coefficient (Wildman–Crippen LogP) is 5.43. The Morgan fingerprint density at radius 3 is 2.61 bits per heavy atom. The highest BCUT2D eigenvalue weighted by molar-refractivity contribution is 7.10. The van der Waals surface area contributed by atoms with Gasteiger partial charge in [-0.05, 0) is 42.3 Å². The average Bonchev–Trinajstić information content (AvgIpc) is 3.29. The van der Waals surface area contributed by atoms with E-state index in [0.717, 1.165) is 21.5 Å². The minimum absolute atomic E-state index is 0.261. The molecule has 2 heterocycles. The van der Waals surface area contributed by atoms with Gasteiger partial charge in [0.15, 0.2) is 0 Å². The second-order valence-corrected chi connectivity index (χ2v) is 7.20. The van der Waals surface area contributed by atoms with Crippen molar-refractivity contribution in [3.8, 4) is 17.0 Å². The molecule has 0 aliphatic carbocycles. The Bertz CT molecular complexity index is 1090. The zero-order chi connectivity index (χ0) is 19.7. The summed E-state index contributed by atoms with van der Waals surface area (Å²) in [6, 6.07) is 13.4. The first-order valence-electron chi connectivity index (χ1n) is 8.51. The van der Waals surface area contributed by atoms with Crippen LogP contribution in [0.2, 0.25) is 0 Å². The summed E-state index contributed by atoms with van der Waals surface area (Å²) in [5, 5.41) is 3.76. The molecule has 0 amide bonds. The van der Waals surface area contributed by atoms with Crippen molar-refractivity contribution in [2.75, 3.05) is 0 Å². The average molecular weight is 403 g/mol. The highest BCUT2D eigenvalue weighted by Gasteiger charge is 2.31. The molecule has 2 aromatic carbocycles. The molecule has 0 unspecified atom stereocenters. The van der Waals surface area contributed by atoms with E-state index in [-0.39, 0.29) is 11.8 Å². The number of nitrogens with one attached hydrogen (secondary N) is 1. The number of aromatic amines is 1. The summed E-state index contributed by atoms with van der Waals surface area (Å²) in [6.45, 7) is 0. The Balaban J connectivity index is 1.49. The molecule has 3 N–H and O–H groups in total. The molecule has 4 aromatic rings. The smallest absolute Gasteiger partial charge is 0.406 e. The zero-order valence-electron chi connectivity index (χ0n) is 14.5. The lowest BCUT2D eigenvalue weighted by Gasteiger charge is -2.09. The summed E-state index contributed by atoms with van der Waals surface area (Å²) in [6.07, 6.45) is -2.11. The van der Waals surface area contributed by atoms with Gasteiger partial charge < -0.3 is 15.5 Å². The number of aromatic nitrogens is 2. The summed E-state index contributed by atoms with van der Waals surface area (Å²) in [7, 11) is 0. The quantitative estimate of drug-likeness (QED) is 0.467. The van der Waals surface area contributed by atoms with Gasteiger partial charge in [-0.1, -0.05) is 18.2 Å². The molecule has 0 radical (unpaired) electrons. The standard InChI is InChI=1S/C20H16F3N3OS/c21-20(22,23)27-14-7-5-12(6-8-14)18-11-28-19(26-18)16(24)9-13-10-25-17-4-2-1-3-15(13)17/h1-8,10-11,16,25H,9,24H2/t16-/m1/s1. The molecule has 144 valence electrons. The lowest BCUT2D eigenvalue weighted by Crippen LogP contribution is -2.16. The van der Waals surface area contributed by atoms with Crippen molar-refractivity contribution >= 4 is 22.2 Å². The molecular weight excluding hydrogens is 387 g/mol. The fourth-order valence-corrected chi connectivity index (χ4v) is 3.87. The first-order valence-corrected chi connectivity index (χ1v) is 9.39. The number of hydrogen-bond acceptors (Lipinski definition) is 4. The molecule has 0 spiro atoms. The number of nitrogens with zero attached hydrogens (tertiary/aromatic N) is 1. The number of ether oxygens (including phenoxy) is 1. The van der Waals surface area contributed by atoms with E-state index < -0.39 is 6.36 Å². The Kier molecular flexibility index (Phi) is 4.82. The molecule has 4 rings (SSSR count). The van der Waals surface area contributed by atoms with E-state index in [0.29, 0.717) is 17.7 Å². The van der Waals surface area contributed by atoms with Crippen molar-refractivity contribution in [3.05, 3.63) is 70.7 Å². The van der Waals surface area contributed by atoms with Crippen LogP contribution in [0.3, 0.4) is 0 Å². The van der Waals surface area contributed by atoms with Crippen LogP contribution in [-0.2, 0) is 6.42 Å². The topological polar surface area (TPSA) is 63.9 Å². The van der Waals surface area contributed by atoms with Crippen LogP contribution in [0.1, 0.15) is 16.6 Å². The molecule has 2 aromatic heterocycles. The second-order valence-electron chi connectivity index (χ2n) is 6.31. The lowest BCUT2D eigenvalue weighted by atomic mass is 10.1. The second kappa shape index (κ2) is 7.29. The highest BCUT2D eigenvalue weighted by atomic mass is 32.1. The van der Waals surface area contributed by atoms with E-state index in [1.54, 1.807) is 12.1 Å². The summed E-state index contributed by atoms with van der Waals surface area (Å²) in [5.41, 5.74) is 9.91. The van der Waals surface area contributed by atoms with E-state index in [1.807, 2.05) is 35.8 Å². The SMILES string of the molecule is N[C@H](Cc1c[nH]c2ccccc12)c1nc(-c2ccc(OC(F)(F)F)cc2)cs1. The molecule has 0 aliphatic rings. The van der Waals surface area contributed by atoms with Crippen molar-refractivity contribution in [2.45, 2.75) is 18.8 Å². The fourth-order valence-electron chi connectivity index (χ4n) is 3.04. The number of nitrogens with two attached hydrogens (primary N) is 1. The Hall–Kier alpha value is -2.84. The monoisotopic (exact) mass is 403 g/mol. The van der Waals surface area contributed by atoms with Gasteiger partial charge in [0.2, 0.25) is 0 Å². The minimum atomic E-state index is -4.70. The van der Waals surface area contributed by atoms with Crippen LogP contribution in [0.5, 0.6) is 5.75 Å². The first-order chi connectivity index (χ1) is 13.4. The number of hydrogen-bond donors (Lipinski definition) is 2. The van der Waals surface area contributed by atoms with E-state index in [9.17, 15) is 13.2 Å². The van der Waals surface area contributed by atoms with Crippen molar-refractivity contribution in [1.29, 1.82) is 0 Å². The van der Waals surface area contributed by atoms with Gasteiger partial charge >= 0.3 is 6.36 Å². The largest absolute Gasteiger partial charge is 0.573 e. The molecule has 0 bridgehead atoms. The minimum Gasteiger partial charge on any atom is -0.406 e. The van der Waals surface area contributed by atoms with Crippen LogP contribution in [0, 0.1) is 0 Å². The molecule has 8 heteroatoms. The number of alkyl halides is 3. The molecular formula is C20H16F3N3OS. The third-order valence-corrected chi connectivity index (χ3v) is 5.31. The van der Waals surface area contributed by atoms with Crippen LogP contribution >= 0.6 is 11.3 Å². The van der Waals surface area contributed by atoms with Crippen LogP contribution in [-0.4, -0.2) is 16.3 Å². The maximum atomic E-state index is 12.3.